The van der Waals surface area contributed by atoms with Gasteiger partial charge in [0.25, 0.3) is 0 Å². The summed E-state index contributed by atoms with van der Waals surface area (Å²) in [4.78, 5) is 11.7. The van der Waals surface area contributed by atoms with Gasteiger partial charge >= 0.3 is 0 Å². The van der Waals surface area contributed by atoms with E-state index in [1.807, 2.05) is 0 Å². The van der Waals surface area contributed by atoms with Crippen LogP contribution in [0.3, 0.4) is 0 Å². The molecule has 1 aliphatic rings. The SMILES string of the molecule is Cl.O=C(CNCC1CCCO1)NCC(O)c1ccc(Cl)cc1. The second-order valence-corrected chi connectivity index (χ2v) is 5.57. The molecule has 0 bridgehead atoms. The van der Waals surface area contributed by atoms with Crippen molar-refractivity contribution in [3.8, 4) is 0 Å². The smallest absolute Gasteiger partial charge is 0.234 e. The topological polar surface area (TPSA) is 70.6 Å². The molecular weight excluding hydrogens is 327 g/mol. The standard InChI is InChI=1S/C15H21ClN2O3.ClH/c16-12-5-3-11(4-6-12)14(19)9-18-15(20)10-17-8-13-2-1-7-21-13;/h3-6,13-14,17,19H,1-2,7-10H2,(H,18,20);1H. The Morgan fingerprint density at radius 3 is 2.77 bits per heavy atom. The molecule has 5 nitrogen and oxygen atoms in total. The highest BCUT2D eigenvalue weighted by Gasteiger charge is 2.15. The summed E-state index contributed by atoms with van der Waals surface area (Å²) in [5.41, 5.74) is 0.729. The van der Waals surface area contributed by atoms with Gasteiger partial charge in [0.1, 0.15) is 0 Å². The normalized spacial score (nSPS) is 18.5. The van der Waals surface area contributed by atoms with E-state index < -0.39 is 6.10 Å². The Hall–Kier alpha value is -0.850. The monoisotopic (exact) mass is 348 g/mol. The number of nitrogens with one attached hydrogen (secondary N) is 2. The van der Waals surface area contributed by atoms with Crippen molar-refractivity contribution in [2.45, 2.75) is 25.0 Å². The first-order valence-electron chi connectivity index (χ1n) is 7.17. The van der Waals surface area contributed by atoms with Crippen LogP contribution < -0.4 is 10.6 Å². The summed E-state index contributed by atoms with van der Waals surface area (Å²) in [6, 6.07) is 6.92. The van der Waals surface area contributed by atoms with E-state index in [9.17, 15) is 9.90 Å². The molecule has 0 aromatic heterocycles. The summed E-state index contributed by atoms with van der Waals surface area (Å²) in [7, 11) is 0. The first-order valence-corrected chi connectivity index (χ1v) is 7.55. The van der Waals surface area contributed by atoms with E-state index in [0.717, 1.165) is 25.0 Å². The second-order valence-electron chi connectivity index (χ2n) is 5.14. The number of carbonyl (C=O) groups excluding carboxylic acids is 1. The predicted molar refractivity (Wildman–Crippen MR) is 88.5 cm³/mol. The average Bonchev–Trinajstić information content (AvgIpc) is 2.99. The van der Waals surface area contributed by atoms with Crippen LogP contribution in [0.4, 0.5) is 0 Å². The Morgan fingerprint density at radius 2 is 2.14 bits per heavy atom. The van der Waals surface area contributed by atoms with Crippen molar-refractivity contribution in [2.24, 2.45) is 0 Å². The zero-order valence-electron chi connectivity index (χ0n) is 12.3. The van der Waals surface area contributed by atoms with Crippen LogP contribution in [0.5, 0.6) is 0 Å². The van der Waals surface area contributed by atoms with Gasteiger partial charge in [-0.2, -0.15) is 0 Å². The second kappa shape index (κ2) is 10.0. The van der Waals surface area contributed by atoms with Gasteiger partial charge in [0.05, 0.1) is 18.8 Å². The number of aliphatic hydroxyl groups is 1. The Bertz CT molecular complexity index is 451. The van der Waals surface area contributed by atoms with Gasteiger partial charge in [0.15, 0.2) is 0 Å². The summed E-state index contributed by atoms with van der Waals surface area (Å²) < 4.78 is 5.46. The fourth-order valence-electron chi connectivity index (χ4n) is 2.23. The third-order valence-electron chi connectivity index (χ3n) is 3.43. The molecule has 1 aliphatic heterocycles. The Labute approximate surface area is 141 Å². The highest BCUT2D eigenvalue weighted by atomic mass is 35.5. The molecule has 22 heavy (non-hydrogen) atoms. The number of ether oxygens (including phenoxy) is 1. The molecule has 1 heterocycles. The first-order chi connectivity index (χ1) is 10.1. The minimum atomic E-state index is -0.732. The Kier molecular flexibility index (Phi) is 8.75. The summed E-state index contributed by atoms with van der Waals surface area (Å²) in [6.45, 7) is 1.91. The number of carbonyl (C=O) groups is 1. The molecule has 1 aromatic carbocycles. The Balaban J connectivity index is 0.00000242. The number of halogens is 2. The highest BCUT2D eigenvalue weighted by Crippen LogP contribution is 2.15. The van der Waals surface area contributed by atoms with Crippen LogP contribution in [-0.4, -0.2) is 43.4 Å². The van der Waals surface area contributed by atoms with E-state index in [1.54, 1.807) is 24.3 Å². The van der Waals surface area contributed by atoms with Crippen molar-refractivity contribution >= 4 is 29.9 Å². The molecule has 0 spiro atoms. The molecule has 124 valence electrons. The van der Waals surface area contributed by atoms with E-state index in [-0.39, 0.29) is 37.5 Å². The molecule has 2 unspecified atom stereocenters. The summed E-state index contributed by atoms with van der Waals surface area (Å²) >= 11 is 5.79. The lowest BCUT2D eigenvalue weighted by molar-refractivity contribution is -0.120. The van der Waals surface area contributed by atoms with Crippen LogP contribution in [0.2, 0.25) is 5.02 Å². The third-order valence-corrected chi connectivity index (χ3v) is 3.68. The fourth-order valence-corrected chi connectivity index (χ4v) is 2.35. The highest BCUT2D eigenvalue weighted by molar-refractivity contribution is 6.30. The predicted octanol–water partition coefficient (Wildman–Crippen LogP) is 1.68. The maximum absolute atomic E-state index is 11.7. The largest absolute Gasteiger partial charge is 0.387 e. The summed E-state index contributed by atoms with van der Waals surface area (Å²) in [5.74, 6) is -0.138. The molecular formula is C15H22Cl2N2O3. The molecule has 7 heteroatoms. The number of hydrogen-bond acceptors (Lipinski definition) is 4. The molecule has 1 amide bonds. The molecule has 0 aliphatic carbocycles. The lowest BCUT2D eigenvalue weighted by Gasteiger charge is -2.14. The van der Waals surface area contributed by atoms with E-state index in [2.05, 4.69) is 10.6 Å². The number of benzene rings is 1. The van der Waals surface area contributed by atoms with Crippen LogP contribution in [0, 0.1) is 0 Å². The number of hydrogen-bond donors (Lipinski definition) is 3. The van der Waals surface area contributed by atoms with Crippen LogP contribution in [0.15, 0.2) is 24.3 Å². The van der Waals surface area contributed by atoms with Gasteiger partial charge < -0.3 is 20.5 Å². The maximum atomic E-state index is 11.7. The van der Waals surface area contributed by atoms with Crippen molar-refractivity contribution in [1.82, 2.24) is 10.6 Å². The van der Waals surface area contributed by atoms with Crippen LogP contribution >= 0.6 is 24.0 Å². The zero-order valence-corrected chi connectivity index (χ0v) is 13.8. The van der Waals surface area contributed by atoms with Crippen LogP contribution in [0.1, 0.15) is 24.5 Å². The lowest BCUT2D eigenvalue weighted by Crippen LogP contribution is -2.38. The lowest BCUT2D eigenvalue weighted by atomic mass is 10.1. The van der Waals surface area contributed by atoms with Gasteiger partial charge in [0, 0.05) is 24.7 Å². The van der Waals surface area contributed by atoms with Crippen molar-refractivity contribution < 1.29 is 14.6 Å². The van der Waals surface area contributed by atoms with Gasteiger partial charge in [-0.15, -0.1) is 12.4 Å². The van der Waals surface area contributed by atoms with Gasteiger partial charge in [0.2, 0.25) is 5.91 Å². The van der Waals surface area contributed by atoms with Gasteiger partial charge in [-0.3, -0.25) is 4.79 Å². The minimum Gasteiger partial charge on any atom is -0.387 e. The average molecular weight is 349 g/mol. The van der Waals surface area contributed by atoms with Crippen LogP contribution in [-0.2, 0) is 9.53 Å². The van der Waals surface area contributed by atoms with Crippen molar-refractivity contribution in [3.05, 3.63) is 34.9 Å². The number of aliphatic hydroxyl groups excluding tert-OH is 1. The molecule has 3 N–H and O–H groups in total. The van der Waals surface area contributed by atoms with E-state index >= 15 is 0 Å². The van der Waals surface area contributed by atoms with Crippen LogP contribution in [0.25, 0.3) is 0 Å². The third kappa shape index (κ3) is 6.50. The summed E-state index contributed by atoms with van der Waals surface area (Å²) in [6.07, 6.45) is 1.62. The van der Waals surface area contributed by atoms with Crippen molar-refractivity contribution in [2.75, 3.05) is 26.2 Å². The molecule has 0 saturated carbocycles. The maximum Gasteiger partial charge on any atom is 0.234 e. The first kappa shape index (κ1) is 19.2. The Morgan fingerprint density at radius 1 is 1.41 bits per heavy atom. The molecule has 1 saturated heterocycles. The molecule has 2 rings (SSSR count). The number of amides is 1. The van der Waals surface area contributed by atoms with Gasteiger partial charge in [-0.1, -0.05) is 23.7 Å². The number of rotatable bonds is 7. The quantitative estimate of drug-likeness (QED) is 0.701. The van der Waals surface area contributed by atoms with Crippen molar-refractivity contribution in [1.29, 1.82) is 0 Å². The minimum absolute atomic E-state index is 0. The van der Waals surface area contributed by atoms with E-state index in [0.29, 0.717) is 11.6 Å². The van der Waals surface area contributed by atoms with Crippen molar-refractivity contribution in [3.63, 3.8) is 0 Å². The zero-order chi connectivity index (χ0) is 15.1. The van der Waals surface area contributed by atoms with Gasteiger partial charge in [-0.05, 0) is 30.5 Å². The fraction of sp³-hybridized carbons (Fsp3) is 0.533. The molecule has 1 aromatic rings. The molecule has 1 fully saturated rings. The molecule has 0 radical (unpaired) electrons. The van der Waals surface area contributed by atoms with E-state index in [1.165, 1.54) is 0 Å². The molecule has 2 atom stereocenters. The van der Waals surface area contributed by atoms with E-state index in [4.69, 9.17) is 16.3 Å². The summed E-state index contributed by atoms with van der Waals surface area (Å²) in [5, 5.41) is 16.3. The van der Waals surface area contributed by atoms with Gasteiger partial charge in [-0.25, -0.2) is 0 Å².